The van der Waals surface area contributed by atoms with Crippen molar-refractivity contribution in [2.75, 3.05) is 26.2 Å². The average molecular weight is 454 g/mol. The first kappa shape index (κ1) is 22.3. The van der Waals surface area contributed by atoms with Gasteiger partial charge in [0.15, 0.2) is 5.65 Å². The summed E-state index contributed by atoms with van der Waals surface area (Å²) >= 11 is 0. The average Bonchev–Trinajstić information content (AvgIpc) is 3.00. The summed E-state index contributed by atoms with van der Waals surface area (Å²) in [6.45, 7) is 8.32. The van der Waals surface area contributed by atoms with E-state index < -0.39 is 0 Å². The minimum absolute atomic E-state index is 0.0675. The molecule has 6 heteroatoms. The topological polar surface area (TPSA) is 54.3 Å². The standard InChI is InChI=1S/C28H31N5O/c1-20-10-12-22(13-11-20)19-32-14-7-15-33(17-16-32)28(34)24-18-25(23-8-5-4-6-9-23)29-27-26(24)21(2)30-31(27)3/h4-6,8-13,18H,7,14-17,19H2,1-3H3. The first-order valence-electron chi connectivity index (χ1n) is 12.0. The Balaban J connectivity index is 1.42. The molecule has 0 aliphatic carbocycles. The Morgan fingerprint density at radius 1 is 0.941 bits per heavy atom. The number of benzene rings is 2. The number of rotatable bonds is 4. The van der Waals surface area contributed by atoms with Crippen molar-refractivity contribution in [1.82, 2.24) is 24.6 Å². The lowest BCUT2D eigenvalue weighted by Gasteiger charge is -2.23. The quantitative estimate of drug-likeness (QED) is 0.453. The van der Waals surface area contributed by atoms with Crippen molar-refractivity contribution in [3.8, 4) is 11.3 Å². The Labute approximate surface area is 200 Å². The second kappa shape index (κ2) is 9.39. The zero-order valence-electron chi connectivity index (χ0n) is 20.2. The van der Waals surface area contributed by atoms with Gasteiger partial charge < -0.3 is 4.90 Å². The van der Waals surface area contributed by atoms with Gasteiger partial charge >= 0.3 is 0 Å². The zero-order valence-corrected chi connectivity index (χ0v) is 20.2. The minimum atomic E-state index is 0.0675. The Morgan fingerprint density at radius 2 is 1.71 bits per heavy atom. The summed E-state index contributed by atoms with van der Waals surface area (Å²) in [5, 5.41) is 5.43. The van der Waals surface area contributed by atoms with Gasteiger partial charge in [-0.15, -0.1) is 0 Å². The van der Waals surface area contributed by atoms with Crippen LogP contribution in [0.3, 0.4) is 0 Å². The molecule has 1 saturated heterocycles. The van der Waals surface area contributed by atoms with Crippen molar-refractivity contribution in [1.29, 1.82) is 0 Å². The molecule has 174 valence electrons. The lowest BCUT2D eigenvalue weighted by atomic mass is 10.0. The fourth-order valence-electron chi connectivity index (χ4n) is 4.82. The van der Waals surface area contributed by atoms with Gasteiger partial charge in [0.2, 0.25) is 0 Å². The lowest BCUT2D eigenvalue weighted by Crippen LogP contribution is -2.35. The van der Waals surface area contributed by atoms with Gasteiger partial charge in [0.05, 0.1) is 22.3 Å². The lowest BCUT2D eigenvalue weighted by molar-refractivity contribution is 0.0763. The molecule has 5 rings (SSSR count). The Hall–Kier alpha value is -3.51. The van der Waals surface area contributed by atoms with Gasteiger partial charge in [-0.25, -0.2) is 4.98 Å². The largest absolute Gasteiger partial charge is 0.337 e. The second-order valence-electron chi connectivity index (χ2n) is 9.24. The number of carbonyl (C=O) groups excluding carboxylic acids is 1. The number of carbonyl (C=O) groups is 1. The molecular weight excluding hydrogens is 422 g/mol. The monoisotopic (exact) mass is 453 g/mol. The van der Waals surface area contributed by atoms with E-state index in [2.05, 4.69) is 41.2 Å². The van der Waals surface area contributed by atoms with Crippen LogP contribution in [-0.2, 0) is 13.6 Å². The highest BCUT2D eigenvalue weighted by Gasteiger charge is 2.25. The summed E-state index contributed by atoms with van der Waals surface area (Å²) in [4.78, 5) is 23.2. The molecule has 0 N–H and O–H groups in total. The molecule has 1 aliphatic rings. The van der Waals surface area contributed by atoms with Gasteiger partial charge in [-0.3, -0.25) is 14.4 Å². The molecule has 0 bridgehead atoms. The van der Waals surface area contributed by atoms with E-state index in [1.54, 1.807) is 4.68 Å². The third-order valence-electron chi connectivity index (χ3n) is 6.67. The molecule has 1 aliphatic heterocycles. The van der Waals surface area contributed by atoms with Crippen molar-refractivity contribution in [2.24, 2.45) is 7.05 Å². The van der Waals surface area contributed by atoms with Crippen LogP contribution in [-0.4, -0.2) is 56.7 Å². The number of hydrogen-bond donors (Lipinski definition) is 0. The molecule has 0 radical (unpaired) electrons. The van der Waals surface area contributed by atoms with Crippen LogP contribution in [0.2, 0.25) is 0 Å². The van der Waals surface area contributed by atoms with Crippen LogP contribution in [0.1, 0.15) is 33.6 Å². The van der Waals surface area contributed by atoms with Crippen LogP contribution in [0.4, 0.5) is 0 Å². The molecule has 3 heterocycles. The minimum Gasteiger partial charge on any atom is -0.337 e. The van der Waals surface area contributed by atoms with E-state index in [9.17, 15) is 4.79 Å². The van der Waals surface area contributed by atoms with E-state index in [4.69, 9.17) is 4.98 Å². The Bertz CT molecular complexity index is 1310. The molecule has 34 heavy (non-hydrogen) atoms. The predicted molar refractivity (Wildman–Crippen MR) is 136 cm³/mol. The summed E-state index contributed by atoms with van der Waals surface area (Å²) in [7, 11) is 1.89. The van der Waals surface area contributed by atoms with Gasteiger partial charge in [-0.05, 0) is 31.9 Å². The molecule has 0 atom stereocenters. The van der Waals surface area contributed by atoms with Crippen molar-refractivity contribution in [2.45, 2.75) is 26.8 Å². The van der Waals surface area contributed by atoms with E-state index in [0.717, 1.165) is 60.6 Å². The molecule has 0 spiro atoms. The summed E-state index contributed by atoms with van der Waals surface area (Å²) in [5.41, 5.74) is 6.68. The van der Waals surface area contributed by atoms with Crippen LogP contribution >= 0.6 is 0 Å². The summed E-state index contributed by atoms with van der Waals surface area (Å²) in [6, 6.07) is 20.7. The summed E-state index contributed by atoms with van der Waals surface area (Å²) < 4.78 is 1.78. The van der Waals surface area contributed by atoms with E-state index in [1.807, 2.05) is 55.3 Å². The molecule has 4 aromatic rings. The van der Waals surface area contributed by atoms with Gasteiger partial charge in [-0.2, -0.15) is 5.10 Å². The number of nitrogens with zero attached hydrogens (tertiary/aromatic N) is 5. The fourth-order valence-corrected chi connectivity index (χ4v) is 4.82. The highest BCUT2D eigenvalue weighted by molar-refractivity contribution is 6.07. The second-order valence-corrected chi connectivity index (χ2v) is 9.24. The molecule has 2 aromatic carbocycles. The Kier molecular flexibility index (Phi) is 6.16. The Morgan fingerprint density at radius 3 is 2.47 bits per heavy atom. The van der Waals surface area contributed by atoms with E-state index >= 15 is 0 Å². The molecule has 2 aromatic heterocycles. The van der Waals surface area contributed by atoms with Gasteiger partial charge in [0.1, 0.15) is 0 Å². The number of aromatic nitrogens is 3. The maximum absolute atomic E-state index is 13.9. The van der Waals surface area contributed by atoms with Gasteiger partial charge in [0.25, 0.3) is 5.91 Å². The molecule has 0 saturated carbocycles. The van der Waals surface area contributed by atoms with Crippen LogP contribution in [0.25, 0.3) is 22.3 Å². The van der Waals surface area contributed by atoms with E-state index in [1.165, 1.54) is 11.1 Å². The van der Waals surface area contributed by atoms with Crippen molar-refractivity contribution < 1.29 is 4.79 Å². The predicted octanol–water partition coefficient (Wildman–Crippen LogP) is 4.60. The molecule has 0 unspecified atom stereocenters. The third-order valence-corrected chi connectivity index (χ3v) is 6.67. The normalized spacial score (nSPS) is 15.0. The molecule has 1 amide bonds. The number of pyridine rings is 1. The highest BCUT2D eigenvalue weighted by atomic mass is 16.2. The zero-order chi connectivity index (χ0) is 23.7. The SMILES string of the molecule is Cc1ccc(CN2CCCN(C(=O)c3cc(-c4ccccc4)nc4c3c(C)nn4C)CC2)cc1. The fraction of sp³-hybridized carbons (Fsp3) is 0.321. The van der Waals surface area contributed by atoms with E-state index in [0.29, 0.717) is 12.1 Å². The van der Waals surface area contributed by atoms with E-state index in [-0.39, 0.29) is 5.91 Å². The maximum atomic E-state index is 13.9. The number of hydrogen-bond acceptors (Lipinski definition) is 4. The van der Waals surface area contributed by atoms with Gasteiger partial charge in [0, 0.05) is 45.3 Å². The highest BCUT2D eigenvalue weighted by Crippen LogP contribution is 2.28. The molecule has 1 fully saturated rings. The maximum Gasteiger partial charge on any atom is 0.254 e. The van der Waals surface area contributed by atoms with Crippen molar-refractivity contribution >= 4 is 16.9 Å². The number of aryl methyl sites for hydroxylation is 3. The van der Waals surface area contributed by atoms with Crippen LogP contribution in [0, 0.1) is 13.8 Å². The first-order chi connectivity index (χ1) is 16.5. The van der Waals surface area contributed by atoms with Crippen LogP contribution in [0.5, 0.6) is 0 Å². The van der Waals surface area contributed by atoms with Crippen LogP contribution < -0.4 is 0 Å². The summed E-state index contributed by atoms with van der Waals surface area (Å²) in [5.74, 6) is 0.0675. The molecule has 6 nitrogen and oxygen atoms in total. The van der Waals surface area contributed by atoms with Crippen molar-refractivity contribution in [3.05, 3.63) is 83.0 Å². The van der Waals surface area contributed by atoms with Gasteiger partial charge in [-0.1, -0.05) is 60.2 Å². The molecular formula is C28H31N5O. The van der Waals surface area contributed by atoms with Crippen molar-refractivity contribution in [3.63, 3.8) is 0 Å². The first-order valence-corrected chi connectivity index (χ1v) is 12.0. The number of amides is 1. The summed E-state index contributed by atoms with van der Waals surface area (Å²) in [6.07, 6.45) is 0.962. The van der Waals surface area contributed by atoms with Crippen LogP contribution in [0.15, 0.2) is 60.7 Å². The third kappa shape index (κ3) is 4.46. The number of fused-ring (bicyclic) bond motifs is 1. The smallest absolute Gasteiger partial charge is 0.254 e.